The highest BCUT2D eigenvalue weighted by molar-refractivity contribution is 6.31. The van der Waals surface area contributed by atoms with E-state index in [1.54, 1.807) is 0 Å². The molecular weight excluding hydrogens is 476 g/mol. The van der Waals surface area contributed by atoms with Gasteiger partial charge in [-0.05, 0) is 48.5 Å². The number of rotatable bonds is 2. The largest absolute Gasteiger partial charge is 0.306 e. The molecule has 0 N–H and O–H groups in total. The fraction of sp³-hybridized carbons (Fsp3) is 0. The zero-order valence-electron chi connectivity index (χ0n) is 21.0. The summed E-state index contributed by atoms with van der Waals surface area (Å²) < 4.78 is 7.16. The third-order valence-electron chi connectivity index (χ3n) is 7.99. The van der Waals surface area contributed by atoms with Gasteiger partial charge in [0.25, 0.3) is 0 Å². The van der Waals surface area contributed by atoms with Crippen molar-refractivity contribution in [3.63, 3.8) is 0 Å². The van der Waals surface area contributed by atoms with E-state index in [0.717, 1.165) is 39.2 Å². The van der Waals surface area contributed by atoms with Crippen LogP contribution in [-0.2, 0) is 0 Å². The van der Waals surface area contributed by atoms with Crippen LogP contribution in [0.4, 0.5) is 0 Å². The Morgan fingerprint density at radius 1 is 0.436 bits per heavy atom. The lowest BCUT2D eigenvalue weighted by atomic mass is 10.1. The quantitative estimate of drug-likeness (QED) is 0.234. The van der Waals surface area contributed by atoms with Crippen LogP contribution < -0.4 is 0 Å². The molecule has 9 aromatic rings. The summed E-state index contributed by atoms with van der Waals surface area (Å²) in [6.07, 6.45) is 0. The van der Waals surface area contributed by atoms with Crippen molar-refractivity contribution in [1.29, 1.82) is 0 Å². The van der Waals surface area contributed by atoms with Gasteiger partial charge in [0.15, 0.2) is 5.65 Å². The van der Waals surface area contributed by atoms with Gasteiger partial charge in [0.05, 0.1) is 27.6 Å². The van der Waals surface area contributed by atoms with Gasteiger partial charge < -0.3 is 4.57 Å². The summed E-state index contributed by atoms with van der Waals surface area (Å²) in [7, 11) is 0. The van der Waals surface area contributed by atoms with Crippen LogP contribution >= 0.6 is 0 Å². The smallest absolute Gasteiger partial charge is 0.164 e. The van der Waals surface area contributed by atoms with Crippen molar-refractivity contribution in [2.75, 3.05) is 0 Å². The fourth-order valence-corrected chi connectivity index (χ4v) is 6.47. The van der Waals surface area contributed by atoms with Gasteiger partial charge in [0.1, 0.15) is 5.65 Å². The number of hydrogen-bond acceptors (Lipinski definition) is 1. The summed E-state index contributed by atoms with van der Waals surface area (Å²) in [5.41, 5.74) is 9.93. The second-order valence-electron chi connectivity index (χ2n) is 10.1. The molecular formula is C35H22N4. The van der Waals surface area contributed by atoms with Gasteiger partial charge in [0.2, 0.25) is 0 Å². The molecule has 9 rings (SSSR count). The van der Waals surface area contributed by atoms with Crippen molar-refractivity contribution in [3.8, 4) is 11.4 Å². The summed E-state index contributed by atoms with van der Waals surface area (Å²) >= 11 is 0. The second-order valence-corrected chi connectivity index (χ2v) is 10.1. The molecule has 5 aromatic carbocycles. The third kappa shape index (κ3) is 2.65. The number of pyridine rings is 1. The van der Waals surface area contributed by atoms with Crippen LogP contribution in [0.3, 0.4) is 0 Å². The van der Waals surface area contributed by atoms with Gasteiger partial charge in [-0.15, -0.1) is 0 Å². The van der Waals surface area contributed by atoms with Crippen LogP contribution in [0, 0.1) is 0 Å². The highest BCUT2D eigenvalue weighted by atomic mass is 15.2. The molecule has 4 heterocycles. The summed E-state index contributed by atoms with van der Waals surface area (Å²) in [6.45, 7) is 0. The standard InChI is InChI=1S/C35H22N4/c1-3-13-23(14-4-1)37-28-20-10-7-17-25(28)31-32-26-18-8-11-21-29(26)38(24-15-5-2-6-16-24)35(32)39-30-22-12-9-19-27(30)36-34(39)33(31)37/h1-22H. The Labute approximate surface area is 223 Å². The van der Waals surface area contributed by atoms with Crippen LogP contribution in [0.25, 0.3) is 71.8 Å². The Morgan fingerprint density at radius 2 is 0.949 bits per heavy atom. The van der Waals surface area contributed by atoms with Gasteiger partial charge in [-0.1, -0.05) is 84.9 Å². The number of benzene rings is 5. The lowest BCUT2D eigenvalue weighted by molar-refractivity contribution is 1.11. The van der Waals surface area contributed by atoms with Crippen molar-refractivity contribution in [3.05, 3.63) is 133 Å². The maximum Gasteiger partial charge on any atom is 0.164 e. The van der Waals surface area contributed by atoms with Gasteiger partial charge in [-0.3, -0.25) is 8.97 Å². The highest BCUT2D eigenvalue weighted by Gasteiger charge is 2.26. The Hall–Kier alpha value is -5.35. The summed E-state index contributed by atoms with van der Waals surface area (Å²) in [6, 6.07) is 47.3. The van der Waals surface area contributed by atoms with E-state index < -0.39 is 0 Å². The van der Waals surface area contributed by atoms with Crippen LogP contribution in [0.5, 0.6) is 0 Å². The molecule has 0 aliphatic rings. The van der Waals surface area contributed by atoms with Gasteiger partial charge >= 0.3 is 0 Å². The first-order valence-corrected chi connectivity index (χ1v) is 13.3. The lowest BCUT2D eigenvalue weighted by Crippen LogP contribution is -2.01. The molecule has 4 aromatic heterocycles. The van der Waals surface area contributed by atoms with Crippen molar-refractivity contribution in [2.45, 2.75) is 0 Å². The number of hydrogen-bond donors (Lipinski definition) is 0. The molecule has 39 heavy (non-hydrogen) atoms. The van der Waals surface area contributed by atoms with Crippen LogP contribution in [0.1, 0.15) is 0 Å². The molecule has 0 aliphatic heterocycles. The number of nitrogens with zero attached hydrogens (tertiary/aromatic N) is 4. The molecule has 0 saturated carbocycles. The van der Waals surface area contributed by atoms with Crippen molar-refractivity contribution >= 4 is 60.4 Å². The molecule has 0 atom stereocenters. The van der Waals surface area contributed by atoms with E-state index in [2.05, 4.69) is 147 Å². The monoisotopic (exact) mass is 498 g/mol. The zero-order chi connectivity index (χ0) is 25.5. The van der Waals surface area contributed by atoms with E-state index in [9.17, 15) is 0 Å². The molecule has 0 radical (unpaired) electrons. The summed E-state index contributed by atoms with van der Waals surface area (Å²) in [4.78, 5) is 5.31. The van der Waals surface area contributed by atoms with Gasteiger partial charge in [0, 0.05) is 32.9 Å². The number of fused-ring (bicyclic) bond motifs is 12. The predicted molar refractivity (Wildman–Crippen MR) is 161 cm³/mol. The average molecular weight is 499 g/mol. The first-order chi connectivity index (χ1) is 19.4. The van der Waals surface area contributed by atoms with Gasteiger partial charge in [-0.2, -0.15) is 0 Å². The SMILES string of the molecule is c1ccc(-n2c3ccccc3c3c4c5ccccc5n(-c5ccccc5)c4n4c5ccccc5nc4c32)cc1. The maximum atomic E-state index is 5.31. The van der Waals surface area contributed by atoms with Crippen molar-refractivity contribution < 1.29 is 0 Å². The molecule has 0 aliphatic carbocycles. The minimum absolute atomic E-state index is 0.957. The van der Waals surface area contributed by atoms with Crippen LogP contribution in [-0.4, -0.2) is 18.5 Å². The first-order valence-electron chi connectivity index (χ1n) is 13.3. The van der Waals surface area contributed by atoms with Crippen molar-refractivity contribution in [1.82, 2.24) is 18.5 Å². The summed E-state index contributed by atoms with van der Waals surface area (Å²) in [5.74, 6) is 0. The van der Waals surface area contributed by atoms with Gasteiger partial charge in [-0.25, -0.2) is 4.98 Å². The fourth-order valence-electron chi connectivity index (χ4n) is 6.47. The zero-order valence-corrected chi connectivity index (χ0v) is 21.0. The predicted octanol–water partition coefficient (Wildman–Crippen LogP) is 8.68. The molecule has 0 unspecified atom stereocenters. The number of imidazole rings is 1. The molecule has 0 saturated heterocycles. The molecule has 4 heteroatoms. The Morgan fingerprint density at radius 3 is 1.64 bits per heavy atom. The van der Waals surface area contributed by atoms with Crippen LogP contribution in [0.15, 0.2) is 133 Å². The highest BCUT2D eigenvalue weighted by Crippen LogP contribution is 2.44. The molecule has 4 nitrogen and oxygen atoms in total. The Balaban J connectivity index is 1.69. The second kappa shape index (κ2) is 7.59. The topological polar surface area (TPSA) is 27.2 Å². The first kappa shape index (κ1) is 20.7. The van der Waals surface area contributed by atoms with Crippen LogP contribution in [0.2, 0.25) is 0 Å². The van der Waals surface area contributed by atoms with E-state index in [-0.39, 0.29) is 0 Å². The van der Waals surface area contributed by atoms with E-state index >= 15 is 0 Å². The van der Waals surface area contributed by atoms with E-state index in [1.807, 2.05) is 0 Å². The molecule has 0 fully saturated rings. The molecule has 0 bridgehead atoms. The van der Waals surface area contributed by atoms with E-state index in [0.29, 0.717) is 0 Å². The molecule has 0 amide bonds. The Kier molecular flexibility index (Phi) is 4.02. The minimum Gasteiger partial charge on any atom is -0.306 e. The normalized spacial score (nSPS) is 12.1. The average Bonchev–Trinajstić information content (AvgIpc) is 3.66. The third-order valence-corrected chi connectivity index (χ3v) is 7.99. The molecule has 0 spiro atoms. The lowest BCUT2D eigenvalue weighted by Gasteiger charge is -2.12. The molecule has 182 valence electrons. The van der Waals surface area contributed by atoms with E-state index in [1.165, 1.54) is 32.6 Å². The summed E-state index contributed by atoms with van der Waals surface area (Å²) in [5, 5.41) is 4.94. The maximum absolute atomic E-state index is 5.31. The van der Waals surface area contributed by atoms with Crippen molar-refractivity contribution in [2.24, 2.45) is 0 Å². The van der Waals surface area contributed by atoms with E-state index in [4.69, 9.17) is 4.98 Å². The Bertz CT molecular complexity index is 2370. The number of para-hydroxylation sites is 6. The minimum atomic E-state index is 0.957. The number of aromatic nitrogens is 4.